The lowest BCUT2D eigenvalue weighted by Gasteiger charge is -2.13. The molecule has 1 aromatic rings. The summed E-state index contributed by atoms with van der Waals surface area (Å²) < 4.78 is 56.5. The monoisotopic (exact) mass is 300 g/mol. The summed E-state index contributed by atoms with van der Waals surface area (Å²) in [5.74, 6) is -1.32. The lowest BCUT2D eigenvalue weighted by atomic mass is 10.1. The third kappa shape index (κ3) is 4.94. The average molecular weight is 301 g/mol. The van der Waals surface area contributed by atoms with Gasteiger partial charge in [0.25, 0.3) is 0 Å². The van der Waals surface area contributed by atoms with Crippen LogP contribution in [-0.2, 0) is 4.79 Å². The highest BCUT2D eigenvalue weighted by Gasteiger charge is 2.18. The Kier molecular flexibility index (Phi) is 5.41. The Labute approximate surface area is 111 Å². The van der Waals surface area contributed by atoms with Gasteiger partial charge in [0.1, 0.15) is 16.9 Å². The van der Waals surface area contributed by atoms with Crippen molar-refractivity contribution >= 4 is 17.4 Å². The van der Waals surface area contributed by atoms with E-state index in [9.17, 15) is 22.4 Å². The molecule has 0 fully saturated rings. The van der Waals surface area contributed by atoms with Crippen molar-refractivity contribution in [3.63, 3.8) is 0 Å². The summed E-state index contributed by atoms with van der Waals surface area (Å²) >= 11 is 5.72. The number of carbonyl (C=O) groups excluding carboxylic acids is 1. The van der Waals surface area contributed by atoms with E-state index in [0.29, 0.717) is 0 Å². The molecule has 0 aliphatic rings. The van der Waals surface area contributed by atoms with Crippen LogP contribution in [0.3, 0.4) is 0 Å². The first kappa shape index (κ1) is 15.6. The topological polar surface area (TPSA) is 35.5 Å². The molecule has 8 heteroatoms. The second-order valence-corrected chi connectivity index (χ2v) is 3.90. The van der Waals surface area contributed by atoms with Crippen molar-refractivity contribution in [2.45, 2.75) is 25.5 Å². The molecule has 0 aliphatic heterocycles. The number of ketones is 1. The molecule has 0 aliphatic carbocycles. The second kappa shape index (κ2) is 6.60. The number of hydrogen-bond acceptors (Lipinski definition) is 3. The van der Waals surface area contributed by atoms with Crippen LogP contribution >= 0.6 is 11.6 Å². The smallest absolute Gasteiger partial charge is 0.387 e. The van der Waals surface area contributed by atoms with Crippen LogP contribution in [-0.4, -0.2) is 19.0 Å². The largest absolute Gasteiger partial charge is 0.435 e. The molecule has 0 aromatic heterocycles. The number of hydrogen-bond donors (Lipinski definition) is 0. The zero-order valence-corrected chi connectivity index (χ0v) is 10.3. The van der Waals surface area contributed by atoms with E-state index in [2.05, 4.69) is 9.47 Å². The molecule has 1 rings (SSSR count). The fraction of sp³-hybridized carbons (Fsp3) is 0.364. The standard InChI is InChI=1S/C11H9ClF4O3/c1-5(17)9(12)6-2-7(18-10(13)14)4-8(3-6)19-11(15)16/h2-4,9-11H,1H3. The Balaban J connectivity index is 3.11. The second-order valence-electron chi connectivity index (χ2n) is 3.47. The van der Waals surface area contributed by atoms with Gasteiger partial charge in [-0.05, 0) is 24.6 Å². The van der Waals surface area contributed by atoms with Crippen molar-refractivity contribution in [2.24, 2.45) is 0 Å². The molecule has 1 atom stereocenters. The lowest BCUT2D eigenvalue weighted by Crippen LogP contribution is -2.07. The average Bonchev–Trinajstić information content (AvgIpc) is 2.25. The molecule has 0 radical (unpaired) electrons. The predicted molar refractivity (Wildman–Crippen MR) is 59.0 cm³/mol. The number of ether oxygens (including phenoxy) is 2. The summed E-state index contributed by atoms with van der Waals surface area (Å²) in [6.07, 6.45) is 0. The van der Waals surface area contributed by atoms with Crippen molar-refractivity contribution in [3.05, 3.63) is 23.8 Å². The number of halogens is 5. The Morgan fingerprint density at radius 1 is 1.05 bits per heavy atom. The van der Waals surface area contributed by atoms with Crippen molar-refractivity contribution in [2.75, 3.05) is 0 Å². The highest BCUT2D eigenvalue weighted by Crippen LogP contribution is 2.31. The van der Waals surface area contributed by atoms with Crippen molar-refractivity contribution in [3.8, 4) is 11.5 Å². The van der Waals surface area contributed by atoms with E-state index in [1.807, 2.05) is 0 Å². The van der Waals surface area contributed by atoms with E-state index >= 15 is 0 Å². The molecule has 0 N–H and O–H groups in total. The van der Waals surface area contributed by atoms with Crippen molar-refractivity contribution in [1.29, 1.82) is 0 Å². The molecule has 0 saturated carbocycles. The fourth-order valence-corrected chi connectivity index (χ4v) is 1.44. The normalized spacial score (nSPS) is 12.6. The van der Waals surface area contributed by atoms with E-state index in [1.165, 1.54) is 6.92 Å². The van der Waals surface area contributed by atoms with E-state index in [4.69, 9.17) is 11.6 Å². The molecule has 0 spiro atoms. The highest BCUT2D eigenvalue weighted by molar-refractivity contribution is 6.30. The molecule has 0 bridgehead atoms. The summed E-state index contributed by atoms with van der Waals surface area (Å²) in [5.41, 5.74) is 0.0305. The molecule has 0 saturated heterocycles. The molecular formula is C11H9ClF4O3. The fourth-order valence-electron chi connectivity index (χ4n) is 1.32. The van der Waals surface area contributed by atoms with Crippen LogP contribution in [0.1, 0.15) is 17.9 Å². The maximum atomic E-state index is 12.1. The highest BCUT2D eigenvalue weighted by atomic mass is 35.5. The van der Waals surface area contributed by atoms with Gasteiger partial charge in [-0.15, -0.1) is 11.6 Å². The van der Waals surface area contributed by atoms with Crippen LogP contribution in [0.4, 0.5) is 17.6 Å². The summed E-state index contributed by atoms with van der Waals surface area (Å²) in [7, 11) is 0. The minimum atomic E-state index is -3.14. The maximum Gasteiger partial charge on any atom is 0.387 e. The third-order valence-electron chi connectivity index (χ3n) is 2.00. The van der Waals surface area contributed by atoms with Crippen LogP contribution in [0.2, 0.25) is 0 Å². The SMILES string of the molecule is CC(=O)C(Cl)c1cc(OC(F)F)cc(OC(F)F)c1. The summed E-state index contributed by atoms with van der Waals surface area (Å²) in [4.78, 5) is 11.1. The van der Waals surface area contributed by atoms with E-state index in [0.717, 1.165) is 18.2 Å². The third-order valence-corrected chi connectivity index (χ3v) is 2.56. The van der Waals surface area contributed by atoms with Crippen molar-refractivity contribution in [1.82, 2.24) is 0 Å². The van der Waals surface area contributed by atoms with Gasteiger partial charge in [-0.1, -0.05) is 0 Å². The molecular weight excluding hydrogens is 292 g/mol. The first-order valence-corrected chi connectivity index (χ1v) is 5.42. The molecule has 1 unspecified atom stereocenters. The van der Waals surface area contributed by atoms with Gasteiger partial charge in [0.05, 0.1) is 0 Å². The van der Waals surface area contributed by atoms with Crippen LogP contribution in [0.15, 0.2) is 18.2 Å². The van der Waals surface area contributed by atoms with Gasteiger partial charge in [-0.3, -0.25) is 4.79 Å². The number of rotatable bonds is 6. The number of benzene rings is 1. The van der Waals surface area contributed by atoms with Crippen LogP contribution < -0.4 is 9.47 Å². The Morgan fingerprint density at radius 2 is 1.47 bits per heavy atom. The number of Topliss-reactive ketones (excluding diaryl/α,β-unsaturated/α-hetero) is 1. The lowest BCUT2D eigenvalue weighted by molar-refractivity contribution is -0.116. The van der Waals surface area contributed by atoms with Gasteiger partial charge in [0, 0.05) is 6.07 Å². The van der Waals surface area contributed by atoms with E-state index < -0.39 is 35.9 Å². The van der Waals surface area contributed by atoms with Crippen molar-refractivity contribution < 1.29 is 31.8 Å². The van der Waals surface area contributed by atoms with E-state index in [1.54, 1.807) is 0 Å². The van der Waals surface area contributed by atoms with Crippen LogP contribution in [0, 0.1) is 0 Å². The minimum Gasteiger partial charge on any atom is -0.435 e. The number of alkyl halides is 5. The first-order valence-electron chi connectivity index (χ1n) is 4.98. The maximum absolute atomic E-state index is 12.1. The summed E-state index contributed by atoms with van der Waals surface area (Å²) in [6.45, 7) is -5.10. The van der Waals surface area contributed by atoms with Crippen LogP contribution in [0.25, 0.3) is 0 Å². The van der Waals surface area contributed by atoms with Gasteiger partial charge >= 0.3 is 13.2 Å². The zero-order valence-electron chi connectivity index (χ0n) is 9.58. The van der Waals surface area contributed by atoms with Gasteiger partial charge < -0.3 is 9.47 Å². The van der Waals surface area contributed by atoms with Crippen LogP contribution in [0.5, 0.6) is 11.5 Å². The first-order chi connectivity index (χ1) is 8.79. The summed E-state index contributed by atoms with van der Waals surface area (Å²) in [5, 5.41) is -1.17. The molecule has 106 valence electrons. The molecule has 0 amide bonds. The Morgan fingerprint density at radius 3 is 1.79 bits per heavy atom. The van der Waals surface area contributed by atoms with Gasteiger partial charge in [0.2, 0.25) is 0 Å². The Bertz CT molecular complexity index is 425. The molecule has 3 nitrogen and oxygen atoms in total. The summed E-state index contributed by atoms with van der Waals surface area (Å²) in [6, 6.07) is 2.97. The minimum absolute atomic E-state index is 0.0305. The van der Waals surface area contributed by atoms with Gasteiger partial charge in [-0.2, -0.15) is 17.6 Å². The quantitative estimate of drug-likeness (QED) is 0.593. The zero-order chi connectivity index (χ0) is 14.6. The Hall–Kier alpha value is -1.50. The molecule has 1 aromatic carbocycles. The molecule has 19 heavy (non-hydrogen) atoms. The van der Waals surface area contributed by atoms with Gasteiger partial charge in [0.15, 0.2) is 5.78 Å². The van der Waals surface area contributed by atoms with Gasteiger partial charge in [-0.25, -0.2) is 0 Å². The number of carbonyl (C=O) groups is 1. The van der Waals surface area contributed by atoms with E-state index in [-0.39, 0.29) is 5.56 Å². The predicted octanol–water partition coefficient (Wildman–Crippen LogP) is 3.76. The molecule has 0 heterocycles.